The van der Waals surface area contributed by atoms with Crippen LogP contribution < -0.4 is 15.0 Å². The Morgan fingerprint density at radius 1 is 1.05 bits per heavy atom. The lowest BCUT2D eigenvalue weighted by Gasteiger charge is -2.26. The second kappa shape index (κ2) is 14.2. The molecule has 1 aliphatic rings. The number of aromatic nitrogens is 1. The van der Waals surface area contributed by atoms with Gasteiger partial charge >= 0.3 is 12.3 Å². The Kier molecular flexibility index (Phi) is 10.8. The number of benzene rings is 2. The number of carbonyl (C=O) groups is 2. The van der Waals surface area contributed by atoms with Crippen molar-refractivity contribution in [2.75, 3.05) is 24.5 Å². The van der Waals surface area contributed by atoms with Gasteiger partial charge in [0.2, 0.25) is 0 Å². The highest BCUT2D eigenvalue weighted by Crippen LogP contribution is 2.35. The van der Waals surface area contributed by atoms with Crippen molar-refractivity contribution in [1.29, 1.82) is 0 Å². The minimum Gasteiger partial charge on any atom is -0.460 e. The number of nitrogens with one attached hydrogen (secondary N) is 1. The number of fused-ring (bicyclic) bond motifs is 1. The van der Waals surface area contributed by atoms with Gasteiger partial charge in [0.1, 0.15) is 17.2 Å². The third kappa shape index (κ3) is 9.09. The van der Waals surface area contributed by atoms with E-state index in [1.807, 2.05) is 25.1 Å². The molecule has 0 saturated carbocycles. The second-order valence-corrected chi connectivity index (χ2v) is 13.0. The molecule has 0 bridgehead atoms. The molecule has 1 N–H and O–H groups in total. The molecule has 1 aliphatic heterocycles. The third-order valence-electron chi connectivity index (χ3n) is 7.51. The number of para-hydroxylation sites is 1. The van der Waals surface area contributed by atoms with Crippen LogP contribution in [0.15, 0.2) is 46.9 Å². The number of ether oxygens (including phenoxy) is 2. The summed E-state index contributed by atoms with van der Waals surface area (Å²) in [6.45, 7) is 8.78. The van der Waals surface area contributed by atoms with Crippen molar-refractivity contribution in [3.63, 3.8) is 0 Å². The minimum absolute atomic E-state index is 0.0316. The fourth-order valence-corrected chi connectivity index (χ4v) is 5.95. The van der Waals surface area contributed by atoms with Crippen LogP contribution in [0.3, 0.4) is 0 Å². The van der Waals surface area contributed by atoms with E-state index in [1.54, 1.807) is 26.8 Å². The van der Waals surface area contributed by atoms with Crippen LogP contribution in [0.1, 0.15) is 86.7 Å². The molecule has 238 valence electrons. The average molecular weight is 679 g/mol. The Morgan fingerprint density at radius 2 is 1.73 bits per heavy atom. The number of alkyl halides is 3. The lowest BCUT2D eigenvalue weighted by molar-refractivity contribution is -0.275. The first kappa shape index (κ1) is 33.6. The molecule has 0 radical (unpaired) electrons. The summed E-state index contributed by atoms with van der Waals surface area (Å²) in [5, 5.41) is 3.63. The molecule has 1 amide bonds. The average Bonchev–Trinajstić information content (AvgIpc) is 3.21. The SMILES string of the molecule is Cc1c(N2CCCCCC2)nc2ccc(Br)cc2c1C(=O)NCC(CCC(=O)OC(C)(C)C)c1ccccc1OC(F)(F)F. The highest BCUT2D eigenvalue weighted by atomic mass is 79.9. The molecule has 3 aromatic rings. The van der Waals surface area contributed by atoms with Crippen molar-refractivity contribution in [3.8, 4) is 5.75 Å². The molecule has 1 aromatic heterocycles. The maximum absolute atomic E-state index is 14.0. The second-order valence-electron chi connectivity index (χ2n) is 12.1. The van der Waals surface area contributed by atoms with E-state index in [1.165, 1.54) is 18.2 Å². The fraction of sp³-hybridized carbons (Fsp3) is 0.485. The first-order valence-corrected chi connectivity index (χ1v) is 15.7. The van der Waals surface area contributed by atoms with Crippen LogP contribution in [0.5, 0.6) is 5.75 Å². The summed E-state index contributed by atoms with van der Waals surface area (Å²) in [7, 11) is 0. The predicted molar refractivity (Wildman–Crippen MR) is 168 cm³/mol. The van der Waals surface area contributed by atoms with E-state index >= 15 is 0 Å². The summed E-state index contributed by atoms with van der Waals surface area (Å²) in [6, 6.07) is 11.4. The molecule has 7 nitrogen and oxygen atoms in total. The quantitative estimate of drug-likeness (QED) is 0.230. The Balaban J connectivity index is 1.67. The van der Waals surface area contributed by atoms with Crippen LogP contribution in [0.2, 0.25) is 0 Å². The summed E-state index contributed by atoms with van der Waals surface area (Å²) in [6.07, 6.45) is -0.449. The van der Waals surface area contributed by atoms with E-state index in [0.29, 0.717) is 16.5 Å². The van der Waals surface area contributed by atoms with Gasteiger partial charge in [-0.05, 0) is 76.8 Å². The number of carbonyl (C=O) groups excluding carboxylic acids is 2. The Bertz CT molecular complexity index is 1480. The van der Waals surface area contributed by atoms with E-state index < -0.39 is 23.9 Å². The molecule has 2 heterocycles. The largest absolute Gasteiger partial charge is 0.573 e. The van der Waals surface area contributed by atoms with Gasteiger partial charge in [0, 0.05) is 47.4 Å². The van der Waals surface area contributed by atoms with Crippen LogP contribution in [0, 0.1) is 6.92 Å². The number of anilines is 1. The van der Waals surface area contributed by atoms with E-state index in [4.69, 9.17) is 9.72 Å². The van der Waals surface area contributed by atoms with Gasteiger partial charge < -0.3 is 19.7 Å². The van der Waals surface area contributed by atoms with Gasteiger partial charge in [0.25, 0.3) is 5.91 Å². The summed E-state index contributed by atoms with van der Waals surface area (Å²) >= 11 is 3.51. The molecule has 11 heteroatoms. The predicted octanol–water partition coefficient (Wildman–Crippen LogP) is 8.22. The van der Waals surface area contributed by atoms with E-state index in [0.717, 1.165) is 54.6 Å². The van der Waals surface area contributed by atoms with Gasteiger partial charge in [-0.2, -0.15) is 0 Å². The summed E-state index contributed by atoms with van der Waals surface area (Å²) in [5.74, 6) is -1.14. The van der Waals surface area contributed by atoms with Gasteiger partial charge in [-0.15, -0.1) is 13.2 Å². The number of halogens is 4. The zero-order chi connectivity index (χ0) is 32.1. The fourth-order valence-electron chi connectivity index (χ4n) is 5.59. The van der Waals surface area contributed by atoms with Crippen molar-refractivity contribution < 1.29 is 32.2 Å². The number of pyridine rings is 1. The molecule has 1 atom stereocenters. The van der Waals surface area contributed by atoms with Crippen LogP contribution >= 0.6 is 15.9 Å². The zero-order valence-electron chi connectivity index (χ0n) is 25.5. The van der Waals surface area contributed by atoms with Crippen LogP contribution in [-0.4, -0.2) is 48.5 Å². The highest BCUT2D eigenvalue weighted by Gasteiger charge is 2.33. The molecule has 1 unspecified atom stereocenters. The van der Waals surface area contributed by atoms with Gasteiger partial charge in [-0.25, -0.2) is 4.98 Å². The smallest absolute Gasteiger partial charge is 0.460 e. The van der Waals surface area contributed by atoms with E-state index in [-0.39, 0.29) is 36.6 Å². The topological polar surface area (TPSA) is 80.8 Å². The Labute approximate surface area is 264 Å². The number of amides is 1. The van der Waals surface area contributed by atoms with Crippen LogP contribution in [-0.2, 0) is 9.53 Å². The molecule has 1 saturated heterocycles. The minimum atomic E-state index is -4.90. The molecular formula is C33H39BrF3N3O4. The van der Waals surface area contributed by atoms with Gasteiger partial charge in [0.05, 0.1) is 11.1 Å². The maximum atomic E-state index is 14.0. The highest BCUT2D eigenvalue weighted by molar-refractivity contribution is 9.10. The molecule has 44 heavy (non-hydrogen) atoms. The number of esters is 1. The molecule has 0 aliphatic carbocycles. The monoisotopic (exact) mass is 677 g/mol. The normalized spacial score (nSPS) is 15.0. The maximum Gasteiger partial charge on any atom is 0.573 e. The summed E-state index contributed by atoms with van der Waals surface area (Å²) in [5.41, 5.74) is 1.39. The molecule has 0 spiro atoms. The zero-order valence-corrected chi connectivity index (χ0v) is 27.1. The van der Waals surface area contributed by atoms with Gasteiger partial charge in [-0.3, -0.25) is 9.59 Å². The lowest BCUT2D eigenvalue weighted by Crippen LogP contribution is -2.32. The van der Waals surface area contributed by atoms with Crippen LogP contribution in [0.4, 0.5) is 19.0 Å². The summed E-state index contributed by atoms with van der Waals surface area (Å²) < 4.78 is 50.4. The number of hydrogen-bond acceptors (Lipinski definition) is 6. The number of rotatable bonds is 9. The van der Waals surface area contributed by atoms with E-state index in [9.17, 15) is 22.8 Å². The van der Waals surface area contributed by atoms with Crippen molar-refractivity contribution in [2.45, 2.75) is 84.1 Å². The van der Waals surface area contributed by atoms with Gasteiger partial charge in [0.15, 0.2) is 0 Å². The standard InChI is InChI=1S/C33H39BrF3N3O4/c1-21-29(25-19-23(34)14-15-26(25)39-30(21)40-17-9-5-6-10-18-40)31(42)38-20-22(13-16-28(41)44-32(2,3)4)24-11-7-8-12-27(24)43-33(35,36)37/h7-8,11-12,14-15,19,22H,5-6,9-10,13,16-18,20H2,1-4H3,(H,38,42). The van der Waals surface area contributed by atoms with Gasteiger partial charge in [-0.1, -0.05) is 47.0 Å². The lowest BCUT2D eigenvalue weighted by atomic mass is 9.92. The molecule has 2 aromatic carbocycles. The molecule has 4 rings (SSSR count). The first-order chi connectivity index (χ1) is 20.7. The number of hydrogen-bond donors (Lipinski definition) is 1. The third-order valence-corrected chi connectivity index (χ3v) is 8.00. The van der Waals surface area contributed by atoms with Crippen molar-refractivity contribution >= 4 is 44.5 Å². The molecule has 1 fully saturated rings. The Hall–Kier alpha value is -3.34. The van der Waals surface area contributed by atoms with E-state index in [2.05, 4.69) is 30.9 Å². The van der Waals surface area contributed by atoms with Crippen molar-refractivity contribution in [2.24, 2.45) is 0 Å². The summed E-state index contributed by atoms with van der Waals surface area (Å²) in [4.78, 5) is 33.7. The number of nitrogens with zero attached hydrogens (tertiary/aromatic N) is 2. The van der Waals surface area contributed by atoms with Crippen molar-refractivity contribution in [3.05, 3.63) is 63.6 Å². The first-order valence-electron chi connectivity index (χ1n) is 14.9. The Morgan fingerprint density at radius 3 is 2.39 bits per heavy atom. The molecular weight excluding hydrogens is 639 g/mol. The van der Waals surface area contributed by atoms with Crippen molar-refractivity contribution in [1.82, 2.24) is 10.3 Å². The van der Waals surface area contributed by atoms with Crippen LogP contribution in [0.25, 0.3) is 10.9 Å².